The molecule has 3 nitrogen and oxygen atoms in total. The van der Waals surface area contributed by atoms with Crippen molar-refractivity contribution in [3.8, 4) is 0 Å². The SMILES string of the molecule is CCCN(C(=O)c1cccc(Cl)c1Cl)C1CCNC1.Cl. The lowest BCUT2D eigenvalue weighted by Crippen LogP contribution is -2.42. The van der Waals surface area contributed by atoms with E-state index >= 15 is 0 Å². The van der Waals surface area contributed by atoms with Crippen molar-refractivity contribution < 1.29 is 4.79 Å². The van der Waals surface area contributed by atoms with Crippen LogP contribution in [-0.2, 0) is 0 Å². The molecule has 6 heteroatoms. The van der Waals surface area contributed by atoms with E-state index in [0.717, 1.165) is 32.5 Å². The Morgan fingerprint density at radius 1 is 1.45 bits per heavy atom. The van der Waals surface area contributed by atoms with Gasteiger partial charge in [-0.05, 0) is 31.5 Å². The molecule has 112 valence electrons. The normalized spacial score (nSPS) is 17.6. The first-order valence-corrected chi connectivity index (χ1v) is 7.36. The molecule has 1 N–H and O–H groups in total. The van der Waals surface area contributed by atoms with Gasteiger partial charge in [0.05, 0.1) is 15.6 Å². The van der Waals surface area contributed by atoms with E-state index in [1.165, 1.54) is 0 Å². The summed E-state index contributed by atoms with van der Waals surface area (Å²) >= 11 is 12.1. The molecule has 1 aromatic carbocycles. The van der Waals surface area contributed by atoms with Gasteiger partial charge in [-0.3, -0.25) is 4.79 Å². The van der Waals surface area contributed by atoms with Gasteiger partial charge in [-0.25, -0.2) is 0 Å². The van der Waals surface area contributed by atoms with E-state index in [0.29, 0.717) is 15.6 Å². The van der Waals surface area contributed by atoms with Crippen LogP contribution in [-0.4, -0.2) is 36.5 Å². The van der Waals surface area contributed by atoms with Gasteiger partial charge in [-0.1, -0.05) is 36.2 Å². The van der Waals surface area contributed by atoms with Gasteiger partial charge in [0, 0.05) is 19.1 Å². The molecule has 0 saturated carbocycles. The molecule has 1 saturated heterocycles. The number of rotatable bonds is 4. The first-order chi connectivity index (χ1) is 9.15. The molecule has 1 aromatic rings. The third-order valence-corrected chi connectivity index (χ3v) is 4.20. The molecule has 1 aliphatic rings. The number of amides is 1. The van der Waals surface area contributed by atoms with Crippen LogP contribution in [0.15, 0.2) is 18.2 Å². The third kappa shape index (κ3) is 3.79. The molecule has 1 fully saturated rings. The number of halogens is 3. The van der Waals surface area contributed by atoms with E-state index in [1.54, 1.807) is 18.2 Å². The minimum Gasteiger partial charge on any atom is -0.334 e. The standard InChI is InChI=1S/C14H18Cl2N2O.ClH/c1-2-8-18(10-6-7-17-9-10)14(19)11-4-3-5-12(15)13(11)16;/h3-5,10,17H,2,6-9H2,1H3;1H. The molecule has 1 heterocycles. The average Bonchev–Trinajstić information content (AvgIpc) is 2.92. The molecule has 0 aliphatic carbocycles. The fourth-order valence-electron chi connectivity index (χ4n) is 2.42. The van der Waals surface area contributed by atoms with Crippen LogP contribution in [0.2, 0.25) is 10.0 Å². The third-order valence-electron chi connectivity index (χ3n) is 3.38. The summed E-state index contributed by atoms with van der Waals surface area (Å²) in [5.74, 6) is -0.0250. The Bertz CT molecular complexity index is 462. The monoisotopic (exact) mass is 336 g/mol. The van der Waals surface area contributed by atoms with Gasteiger partial charge in [0.25, 0.3) is 5.91 Å². The van der Waals surface area contributed by atoms with E-state index in [4.69, 9.17) is 23.2 Å². The van der Waals surface area contributed by atoms with Crippen molar-refractivity contribution in [1.29, 1.82) is 0 Å². The van der Waals surface area contributed by atoms with Crippen LogP contribution in [0.25, 0.3) is 0 Å². The second kappa shape index (κ2) is 8.08. The van der Waals surface area contributed by atoms with Gasteiger partial charge in [-0.2, -0.15) is 0 Å². The lowest BCUT2D eigenvalue weighted by atomic mass is 10.1. The molecule has 1 aliphatic heterocycles. The Kier molecular flexibility index (Phi) is 7.10. The van der Waals surface area contributed by atoms with Gasteiger partial charge in [-0.15, -0.1) is 12.4 Å². The number of nitrogens with zero attached hydrogens (tertiary/aromatic N) is 1. The maximum atomic E-state index is 12.6. The summed E-state index contributed by atoms with van der Waals surface area (Å²) in [6, 6.07) is 5.45. The Labute approximate surface area is 136 Å². The maximum absolute atomic E-state index is 12.6. The lowest BCUT2D eigenvalue weighted by molar-refractivity contribution is 0.0692. The summed E-state index contributed by atoms with van der Waals surface area (Å²) in [7, 11) is 0. The Hall–Kier alpha value is -0.480. The largest absolute Gasteiger partial charge is 0.334 e. The van der Waals surface area contributed by atoms with Gasteiger partial charge < -0.3 is 10.2 Å². The molecule has 0 aromatic heterocycles. The van der Waals surface area contributed by atoms with Crippen LogP contribution < -0.4 is 5.32 Å². The Morgan fingerprint density at radius 2 is 2.20 bits per heavy atom. The highest BCUT2D eigenvalue weighted by Gasteiger charge is 2.28. The smallest absolute Gasteiger partial charge is 0.255 e. The van der Waals surface area contributed by atoms with E-state index in [2.05, 4.69) is 12.2 Å². The predicted octanol–water partition coefficient (Wildman–Crippen LogP) is 3.63. The Balaban J connectivity index is 0.00000200. The van der Waals surface area contributed by atoms with Gasteiger partial charge >= 0.3 is 0 Å². The Morgan fingerprint density at radius 3 is 2.80 bits per heavy atom. The number of hydrogen-bond donors (Lipinski definition) is 1. The summed E-state index contributed by atoms with van der Waals surface area (Å²) in [4.78, 5) is 14.6. The highest BCUT2D eigenvalue weighted by molar-refractivity contribution is 6.43. The van der Waals surface area contributed by atoms with Crippen molar-refractivity contribution in [3.63, 3.8) is 0 Å². The number of nitrogens with one attached hydrogen (secondary N) is 1. The van der Waals surface area contributed by atoms with Crippen LogP contribution in [0, 0.1) is 0 Å². The minimum atomic E-state index is -0.0250. The fraction of sp³-hybridized carbons (Fsp3) is 0.500. The molecular weight excluding hydrogens is 319 g/mol. The van der Waals surface area contributed by atoms with Crippen molar-refractivity contribution in [2.75, 3.05) is 19.6 Å². The predicted molar refractivity (Wildman–Crippen MR) is 86.3 cm³/mol. The van der Waals surface area contributed by atoms with Crippen LogP contribution in [0.1, 0.15) is 30.1 Å². The first-order valence-electron chi connectivity index (χ1n) is 6.60. The molecule has 1 unspecified atom stereocenters. The quantitative estimate of drug-likeness (QED) is 0.910. The maximum Gasteiger partial charge on any atom is 0.255 e. The average molecular weight is 338 g/mol. The van der Waals surface area contributed by atoms with Crippen LogP contribution in [0.4, 0.5) is 0 Å². The minimum absolute atomic E-state index is 0. The molecule has 1 amide bonds. The van der Waals surface area contributed by atoms with Gasteiger partial charge in [0.15, 0.2) is 0 Å². The zero-order valence-electron chi connectivity index (χ0n) is 11.4. The number of carbonyl (C=O) groups is 1. The second-order valence-electron chi connectivity index (χ2n) is 4.75. The summed E-state index contributed by atoms with van der Waals surface area (Å²) in [6.45, 7) is 4.63. The van der Waals surface area contributed by atoms with Crippen molar-refractivity contribution in [2.45, 2.75) is 25.8 Å². The number of benzene rings is 1. The second-order valence-corrected chi connectivity index (χ2v) is 5.53. The van der Waals surface area contributed by atoms with Crippen molar-refractivity contribution in [3.05, 3.63) is 33.8 Å². The van der Waals surface area contributed by atoms with Crippen molar-refractivity contribution in [1.82, 2.24) is 10.2 Å². The van der Waals surface area contributed by atoms with Gasteiger partial charge in [0.2, 0.25) is 0 Å². The van der Waals surface area contributed by atoms with E-state index in [-0.39, 0.29) is 24.4 Å². The van der Waals surface area contributed by atoms with Crippen molar-refractivity contribution >= 4 is 41.5 Å². The summed E-state index contributed by atoms with van der Waals surface area (Å²) in [5.41, 5.74) is 0.495. The molecule has 0 spiro atoms. The fourth-order valence-corrected chi connectivity index (χ4v) is 2.80. The molecule has 0 bridgehead atoms. The molecule has 20 heavy (non-hydrogen) atoms. The highest BCUT2D eigenvalue weighted by Crippen LogP contribution is 2.27. The first kappa shape index (κ1) is 17.6. The number of carbonyl (C=O) groups excluding carboxylic acids is 1. The summed E-state index contributed by atoms with van der Waals surface area (Å²) in [5, 5.41) is 4.06. The molecule has 0 radical (unpaired) electrons. The van der Waals surface area contributed by atoms with Crippen LogP contribution >= 0.6 is 35.6 Å². The molecule has 1 atom stereocenters. The van der Waals surface area contributed by atoms with E-state index < -0.39 is 0 Å². The van der Waals surface area contributed by atoms with E-state index in [1.807, 2.05) is 4.90 Å². The van der Waals surface area contributed by atoms with E-state index in [9.17, 15) is 4.79 Å². The zero-order valence-corrected chi connectivity index (χ0v) is 13.7. The lowest BCUT2D eigenvalue weighted by Gasteiger charge is -2.28. The summed E-state index contributed by atoms with van der Waals surface area (Å²) in [6.07, 6.45) is 1.92. The van der Waals surface area contributed by atoms with Crippen molar-refractivity contribution in [2.24, 2.45) is 0 Å². The summed E-state index contributed by atoms with van der Waals surface area (Å²) < 4.78 is 0. The van der Waals surface area contributed by atoms with Crippen LogP contribution in [0.5, 0.6) is 0 Å². The zero-order chi connectivity index (χ0) is 13.8. The molecular formula is C14H19Cl3N2O. The number of hydrogen-bond acceptors (Lipinski definition) is 2. The van der Waals surface area contributed by atoms with Gasteiger partial charge in [0.1, 0.15) is 0 Å². The highest BCUT2D eigenvalue weighted by atomic mass is 35.5. The molecule has 2 rings (SSSR count). The van der Waals surface area contributed by atoms with Crippen LogP contribution in [0.3, 0.4) is 0 Å². The topological polar surface area (TPSA) is 32.3 Å².